The highest BCUT2D eigenvalue weighted by atomic mass is 35.5. The lowest BCUT2D eigenvalue weighted by Crippen LogP contribution is -2.48. The van der Waals surface area contributed by atoms with Crippen molar-refractivity contribution in [3.8, 4) is 0 Å². The van der Waals surface area contributed by atoms with Gasteiger partial charge in [-0.1, -0.05) is 18.2 Å². The van der Waals surface area contributed by atoms with Crippen LogP contribution < -0.4 is 5.73 Å². The summed E-state index contributed by atoms with van der Waals surface area (Å²) in [6.07, 6.45) is -0.237. The van der Waals surface area contributed by atoms with Crippen LogP contribution in [-0.4, -0.2) is 49.6 Å². The van der Waals surface area contributed by atoms with E-state index in [0.717, 1.165) is 16.6 Å². The van der Waals surface area contributed by atoms with E-state index >= 15 is 0 Å². The highest BCUT2D eigenvalue weighted by Gasteiger charge is 2.33. The Morgan fingerprint density at radius 2 is 2.04 bits per heavy atom. The Kier molecular flexibility index (Phi) is 5.37. The van der Waals surface area contributed by atoms with Gasteiger partial charge in [0.2, 0.25) is 10.0 Å². The van der Waals surface area contributed by atoms with Crippen LogP contribution >= 0.6 is 12.4 Å². The van der Waals surface area contributed by atoms with Crippen LogP contribution in [0.3, 0.4) is 0 Å². The van der Waals surface area contributed by atoms with Crippen LogP contribution in [0.1, 0.15) is 5.69 Å². The first kappa shape index (κ1) is 18.2. The van der Waals surface area contributed by atoms with Crippen LogP contribution in [0.2, 0.25) is 0 Å². The highest BCUT2D eigenvalue weighted by molar-refractivity contribution is 7.89. The molecule has 128 valence electrons. The summed E-state index contributed by atoms with van der Waals surface area (Å²) in [5, 5.41) is 0.762. The molecule has 1 aliphatic heterocycles. The summed E-state index contributed by atoms with van der Waals surface area (Å²) in [4.78, 5) is 0.392. The SMILES string of the molecule is Cc1c(S(=O)(=O)N2CCOC(CN)C2)c2ccccc2n1C.Cl. The molecule has 2 aromatic rings. The molecule has 3 rings (SSSR count). The number of ether oxygens (including phenoxy) is 1. The van der Waals surface area contributed by atoms with Gasteiger partial charge in [0.05, 0.1) is 12.7 Å². The topological polar surface area (TPSA) is 77.6 Å². The predicted molar refractivity (Wildman–Crippen MR) is 92.5 cm³/mol. The van der Waals surface area contributed by atoms with Crippen molar-refractivity contribution in [3.63, 3.8) is 0 Å². The van der Waals surface area contributed by atoms with E-state index in [1.807, 2.05) is 42.8 Å². The van der Waals surface area contributed by atoms with Crippen LogP contribution in [-0.2, 0) is 21.8 Å². The second kappa shape index (κ2) is 6.78. The summed E-state index contributed by atoms with van der Waals surface area (Å²) >= 11 is 0. The van der Waals surface area contributed by atoms with Crippen molar-refractivity contribution < 1.29 is 13.2 Å². The molecule has 0 bridgehead atoms. The summed E-state index contributed by atoms with van der Waals surface area (Å²) in [5.74, 6) is 0. The lowest BCUT2D eigenvalue weighted by Gasteiger charge is -2.31. The summed E-state index contributed by atoms with van der Waals surface area (Å²) in [7, 11) is -1.68. The first-order valence-corrected chi connectivity index (χ1v) is 8.76. The Morgan fingerprint density at radius 3 is 2.74 bits per heavy atom. The Hall–Kier alpha value is -1.12. The molecule has 1 atom stereocenters. The van der Waals surface area contributed by atoms with E-state index in [1.54, 1.807) is 0 Å². The number of aromatic nitrogens is 1. The fourth-order valence-corrected chi connectivity index (χ4v) is 4.89. The molecule has 23 heavy (non-hydrogen) atoms. The number of sulfonamides is 1. The van der Waals surface area contributed by atoms with Crippen molar-refractivity contribution in [3.05, 3.63) is 30.0 Å². The average Bonchev–Trinajstić information content (AvgIpc) is 2.80. The van der Waals surface area contributed by atoms with Gasteiger partial charge in [0.1, 0.15) is 4.90 Å². The van der Waals surface area contributed by atoms with Gasteiger partial charge in [-0.25, -0.2) is 8.42 Å². The first-order valence-electron chi connectivity index (χ1n) is 7.32. The molecule has 0 saturated carbocycles. The number of halogens is 1. The normalized spacial score (nSPS) is 19.7. The number of benzene rings is 1. The number of hydrogen-bond donors (Lipinski definition) is 1. The van der Waals surface area contributed by atoms with E-state index in [1.165, 1.54) is 4.31 Å². The van der Waals surface area contributed by atoms with Crippen molar-refractivity contribution in [1.29, 1.82) is 0 Å². The molecular weight excluding hydrogens is 338 g/mol. The molecule has 8 heteroatoms. The Bertz CT molecular complexity index is 804. The van der Waals surface area contributed by atoms with E-state index < -0.39 is 10.0 Å². The molecule has 0 spiro atoms. The van der Waals surface area contributed by atoms with Crippen molar-refractivity contribution in [2.45, 2.75) is 17.9 Å². The summed E-state index contributed by atoms with van der Waals surface area (Å²) in [6.45, 7) is 3.21. The van der Waals surface area contributed by atoms with Gasteiger partial charge >= 0.3 is 0 Å². The van der Waals surface area contributed by atoms with E-state index in [0.29, 0.717) is 31.1 Å². The lowest BCUT2D eigenvalue weighted by molar-refractivity contribution is 0.00451. The number of nitrogens with two attached hydrogens (primary N) is 1. The molecule has 1 aromatic carbocycles. The van der Waals surface area contributed by atoms with Crippen molar-refractivity contribution in [1.82, 2.24) is 8.87 Å². The third-order valence-electron chi connectivity index (χ3n) is 4.30. The summed E-state index contributed by atoms with van der Waals surface area (Å²) < 4.78 is 35.1. The summed E-state index contributed by atoms with van der Waals surface area (Å²) in [6, 6.07) is 7.57. The minimum atomic E-state index is -3.56. The minimum absolute atomic E-state index is 0. The van der Waals surface area contributed by atoms with E-state index in [4.69, 9.17) is 10.5 Å². The summed E-state index contributed by atoms with van der Waals surface area (Å²) in [5.41, 5.74) is 7.29. The smallest absolute Gasteiger partial charge is 0.245 e. The van der Waals surface area contributed by atoms with E-state index in [2.05, 4.69) is 0 Å². The van der Waals surface area contributed by atoms with Gasteiger partial charge in [0.25, 0.3) is 0 Å². The monoisotopic (exact) mass is 359 g/mol. The Morgan fingerprint density at radius 1 is 1.35 bits per heavy atom. The zero-order valence-corrected chi connectivity index (χ0v) is 14.9. The first-order chi connectivity index (χ1) is 10.5. The molecule has 1 fully saturated rings. The van der Waals surface area contributed by atoms with E-state index in [9.17, 15) is 8.42 Å². The quantitative estimate of drug-likeness (QED) is 0.894. The molecule has 6 nitrogen and oxygen atoms in total. The number of aryl methyl sites for hydroxylation is 1. The maximum absolute atomic E-state index is 13.1. The molecule has 2 heterocycles. The average molecular weight is 360 g/mol. The molecular formula is C15H22ClN3O3S. The third-order valence-corrected chi connectivity index (χ3v) is 6.35. The predicted octanol–water partition coefficient (Wildman–Crippen LogP) is 1.26. The zero-order valence-electron chi connectivity index (χ0n) is 13.2. The van der Waals surface area contributed by atoms with Crippen molar-refractivity contribution >= 4 is 33.3 Å². The van der Waals surface area contributed by atoms with Crippen molar-refractivity contribution in [2.75, 3.05) is 26.2 Å². The third kappa shape index (κ3) is 2.99. The fraction of sp³-hybridized carbons (Fsp3) is 0.467. The second-order valence-corrected chi connectivity index (χ2v) is 7.46. The molecule has 1 unspecified atom stereocenters. The molecule has 0 aliphatic carbocycles. The number of rotatable bonds is 3. The van der Waals surface area contributed by atoms with E-state index in [-0.39, 0.29) is 18.5 Å². The molecule has 1 saturated heterocycles. The van der Waals surface area contributed by atoms with Crippen LogP contribution in [0, 0.1) is 6.92 Å². The standard InChI is InChI=1S/C15H21N3O3S.ClH/c1-11-15(13-5-3-4-6-14(13)17(11)2)22(19,20)18-7-8-21-12(9-16)10-18;/h3-6,12H,7-10,16H2,1-2H3;1H. The second-order valence-electron chi connectivity index (χ2n) is 5.58. The molecule has 0 amide bonds. The minimum Gasteiger partial charge on any atom is -0.374 e. The lowest BCUT2D eigenvalue weighted by atomic mass is 10.2. The number of hydrogen-bond acceptors (Lipinski definition) is 4. The number of fused-ring (bicyclic) bond motifs is 1. The largest absolute Gasteiger partial charge is 0.374 e. The van der Waals surface area contributed by atoms with Crippen LogP contribution in [0.4, 0.5) is 0 Å². The maximum Gasteiger partial charge on any atom is 0.245 e. The number of nitrogens with zero attached hydrogens (tertiary/aromatic N) is 2. The number of para-hydroxylation sites is 1. The van der Waals surface area contributed by atoms with Gasteiger partial charge in [-0.3, -0.25) is 0 Å². The van der Waals surface area contributed by atoms with Gasteiger partial charge in [0.15, 0.2) is 0 Å². The van der Waals surface area contributed by atoms with Crippen LogP contribution in [0.15, 0.2) is 29.2 Å². The van der Waals surface area contributed by atoms with Gasteiger partial charge < -0.3 is 15.0 Å². The van der Waals surface area contributed by atoms with Gasteiger partial charge in [-0.2, -0.15) is 4.31 Å². The highest BCUT2D eigenvalue weighted by Crippen LogP contribution is 2.31. The molecule has 0 radical (unpaired) electrons. The molecule has 1 aromatic heterocycles. The van der Waals surface area contributed by atoms with Gasteiger partial charge in [0, 0.05) is 43.3 Å². The van der Waals surface area contributed by atoms with Gasteiger partial charge in [-0.05, 0) is 13.0 Å². The Balaban J connectivity index is 0.00000192. The number of morpholine rings is 1. The maximum atomic E-state index is 13.1. The van der Waals surface area contributed by atoms with Crippen LogP contribution in [0.5, 0.6) is 0 Å². The van der Waals surface area contributed by atoms with Crippen LogP contribution in [0.25, 0.3) is 10.9 Å². The zero-order chi connectivity index (χ0) is 15.9. The Labute approximate surface area is 142 Å². The van der Waals surface area contributed by atoms with Gasteiger partial charge in [-0.15, -0.1) is 12.4 Å². The van der Waals surface area contributed by atoms with Crippen molar-refractivity contribution in [2.24, 2.45) is 12.8 Å². The molecule has 2 N–H and O–H groups in total. The fourth-order valence-electron chi connectivity index (χ4n) is 2.99. The molecule has 1 aliphatic rings.